The Morgan fingerprint density at radius 2 is 1.72 bits per heavy atom. The van der Waals surface area contributed by atoms with Gasteiger partial charge in [-0.25, -0.2) is 0 Å². The summed E-state index contributed by atoms with van der Waals surface area (Å²) in [6.45, 7) is 4.30. The van der Waals surface area contributed by atoms with Crippen LogP contribution < -0.4 is 10.6 Å². The highest BCUT2D eigenvalue weighted by Crippen LogP contribution is 2.31. The number of anilines is 1. The second-order valence-electron chi connectivity index (χ2n) is 6.83. The van der Waals surface area contributed by atoms with Crippen molar-refractivity contribution in [2.75, 3.05) is 5.32 Å². The van der Waals surface area contributed by atoms with E-state index >= 15 is 0 Å². The molecule has 1 saturated carbocycles. The van der Waals surface area contributed by atoms with Crippen molar-refractivity contribution in [2.45, 2.75) is 61.8 Å². The van der Waals surface area contributed by atoms with Gasteiger partial charge in [-0.1, -0.05) is 48.7 Å². The first-order valence-electron chi connectivity index (χ1n) is 9.03. The van der Waals surface area contributed by atoms with Gasteiger partial charge < -0.3 is 10.6 Å². The summed E-state index contributed by atoms with van der Waals surface area (Å²) in [6, 6.07) is 15.6. The number of rotatable bonds is 4. The zero-order valence-corrected chi connectivity index (χ0v) is 16.6. The molecule has 2 aromatic carbocycles. The van der Waals surface area contributed by atoms with Crippen molar-refractivity contribution in [2.24, 2.45) is 0 Å². The molecule has 2 N–H and O–H groups in total. The van der Waals surface area contributed by atoms with E-state index < -0.39 is 0 Å². The van der Waals surface area contributed by atoms with Crippen LogP contribution in [0.2, 0.25) is 0 Å². The van der Waals surface area contributed by atoms with Crippen LogP contribution in [0.5, 0.6) is 0 Å². The molecule has 1 aliphatic carbocycles. The van der Waals surface area contributed by atoms with Crippen LogP contribution in [-0.4, -0.2) is 11.2 Å². The van der Waals surface area contributed by atoms with Crippen molar-refractivity contribution in [1.82, 2.24) is 5.32 Å². The van der Waals surface area contributed by atoms with Crippen LogP contribution in [0.25, 0.3) is 0 Å². The molecule has 1 aliphatic rings. The van der Waals surface area contributed by atoms with Crippen LogP contribution in [0.1, 0.15) is 43.2 Å². The minimum atomic E-state index is 0.535. The van der Waals surface area contributed by atoms with Gasteiger partial charge in [0, 0.05) is 21.5 Å². The lowest BCUT2D eigenvalue weighted by atomic mass is 9.96. The quantitative estimate of drug-likeness (QED) is 0.638. The predicted molar refractivity (Wildman–Crippen MR) is 113 cm³/mol. The molecule has 0 spiro atoms. The zero-order valence-electron chi connectivity index (χ0n) is 15.0. The van der Waals surface area contributed by atoms with Crippen LogP contribution in [-0.2, 0) is 0 Å². The summed E-state index contributed by atoms with van der Waals surface area (Å²) in [7, 11) is 0. The van der Waals surface area contributed by atoms with Gasteiger partial charge in [0.25, 0.3) is 0 Å². The van der Waals surface area contributed by atoms with Gasteiger partial charge in [0.05, 0.1) is 0 Å². The van der Waals surface area contributed by atoms with Crippen molar-refractivity contribution in [1.29, 1.82) is 0 Å². The van der Waals surface area contributed by atoms with E-state index in [4.69, 9.17) is 12.2 Å². The third kappa shape index (κ3) is 5.48. The van der Waals surface area contributed by atoms with Crippen molar-refractivity contribution < 1.29 is 0 Å². The summed E-state index contributed by atoms with van der Waals surface area (Å²) in [6.07, 6.45) is 6.44. The largest absolute Gasteiger partial charge is 0.360 e. The van der Waals surface area contributed by atoms with E-state index in [1.165, 1.54) is 53.0 Å². The summed E-state index contributed by atoms with van der Waals surface area (Å²) in [5.74, 6) is 0. The number of thiocarbonyl (C=S) groups is 1. The van der Waals surface area contributed by atoms with E-state index in [0.717, 1.165) is 10.8 Å². The minimum Gasteiger partial charge on any atom is -0.360 e. The van der Waals surface area contributed by atoms with Crippen molar-refractivity contribution in [3.05, 3.63) is 53.6 Å². The smallest absolute Gasteiger partial charge is 0.170 e. The van der Waals surface area contributed by atoms with Gasteiger partial charge >= 0.3 is 0 Å². The monoisotopic (exact) mass is 370 g/mol. The molecule has 0 unspecified atom stereocenters. The predicted octanol–water partition coefficient (Wildman–Crippen LogP) is 6.07. The Morgan fingerprint density at radius 3 is 2.40 bits per heavy atom. The molecule has 2 aromatic rings. The van der Waals surface area contributed by atoms with E-state index in [9.17, 15) is 0 Å². The third-order valence-electron chi connectivity index (χ3n) is 4.61. The topological polar surface area (TPSA) is 24.1 Å². The summed E-state index contributed by atoms with van der Waals surface area (Å²) in [4.78, 5) is 2.55. The molecule has 0 aliphatic heterocycles. The second kappa shape index (κ2) is 8.72. The summed E-state index contributed by atoms with van der Waals surface area (Å²) in [5.41, 5.74) is 3.67. The fourth-order valence-corrected chi connectivity index (χ4v) is 4.41. The van der Waals surface area contributed by atoms with Crippen LogP contribution in [0, 0.1) is 13.8 Å². The van der Waals surface area contributed by atoms with Crippen LogP contribution >= 0.6 is 24.0 Å². The average Bonchev–Trinajstić information content (AvgIpc) is 2.60. The molecular formula is C21H26N2S2. The van der Waals surface area contributed by atoms with E-state index in [2.05, 4.69) is 66.9 Å². The molecule has 0 amide bonds. The molecule has 132 valence electrons. The lowest BCUT2D eigenvalue weighted by molar-refractivity contribution is 0.415. The second-order valence-corrected chi connectivity index (χ2v) is 8.35. The van der Waals surface area contributed by atoms with E-state index in [1.807, 2.05) is 0 Å². The summed E-state index contributed by atoms with van der Waals surface area (Å²) >= 11 is 7.26. The fourth-order valence-electron chi connectivity index (χ4n) is 3.25. The SMILES string of the molecule is Cc1ccc(Sc2ccc(NC(=S)NC3CCCCC3)cc2)c(C)c1. The van der Waals surface area contributed by atoms with Gasteiger partial charge in [0.15, 0.2) is 5.11 Å². The first-order chi connectivity index (χ1) is 12.1. The Balaban J connectivity index is 1.55. The van der Waals surface area contributed by atoms with Crippen molar-refractivity contribution >= 4 is 34.8 Å². The van der Waals surface area contributed by atoms with Gasteiger partial charge in [-0.3, -0.25) is 0 Å². The Morgan fingerprint density at radius 1 is 1.00 bits per heavy atom. The maximum atomic E-state index is 5.46. The highest BCUT2D eigenvalue weighted by molar-refractivity contribution is 7.99. The van der Waals surface area contributed by atoms with Crippen LogP contribution in [0.4, 0.5) is 5.69 Å². The number of hydrogen-bond acceptors (Lipinski definition) is 2. The Bertz CT molecular complexity index is 719. The molecule has 0 atom stereocenters. The number of hydrogen-bond donors (Lipinski definition) is 2. The standard InChI is InChI=1S/C21H26N2S2/c1-15-8-13-20(16(2)14-15)25-19-11-9-18(10-12-19)23-21(24)22-17-6-4-3-5-7-17/h8-14,17H,3-7H2,1-2H3,(H2,22,23,24). The molecule has 0 bridgehead atoms. The first kappa shape index (κ1) is 18.3. The van der Waals surface area contributed by atoms with Gasteiger partial charge in [0.1, 0.15) is 0 Å². The van der Waals surface area contributed by atoms with E-state index in [0.29, 0.717) is 6.04 Å². The maximum absolute atomic E-state index is 5.46. The molecule has 4 heteroatoms. The lowest BCUT2D eigenvalue weighted by Crippen LogP contribution is -2.38. The molecule has 3 rings (SSSR count). The summed E-state index contributed by atoms with van der Waals surface area (Å²) < 4.78 is 0. The lowest BCUT2D eigenvalue weighted by Gasteiger charge is -2.24. The Hall–Kier alpha value is -1.52. The van der Waals surface area contributed by atoms with E-state index in [1.54, 1.807) is 11.8 Å². The maximum Gasteiger partial charge on any atom is 0.170 e. The normalized spacial score (nSPS) is 15.0. The highest BCUT2D eigenvalue weighted by Gasteiger charge is 2.13. The minimum absolute atomic E-state index is 0.535. The number of benzene rings is 2. The molecule has 1 fully saturated rings. The molecule has 0 saturated heterocycles. The molecule has 0 aromatic heterocycles. The fraction of sp³-hybridized carbons (Fsp3) is 0.381. The average molecular weight is 371 g/mol. The van der Waals surface area contributed by atoms with Gasteiger partial charge in [-0.05, 0) is 74.8 Å². The zero-order chi connectivity index (χ0) is 17.6. The molecule has 0 radical (unpaired) electrons. The number of nitrogens with one attached hydrogen (secondary N) is 2. The van der Waals surface area contributed by atoms with E-state index in [-0.39, 0.29) is 0 Å². The van der Waals surface area contributed by atoms with Crippen LogP contribution in [0.3, 0.4) is 0 Å². The van der Waals surface area contributed by atoms with Crippen molar-refractivity contribution in [3.8, 4) is 0 Å². The van der Waals surface area contributed by atoms with Crippen LogP contribution in [0.15, 0.2) is 52.3 Å². The first-order valence-corrected chi connectivity index (χ1v) is 10.3. The molecule has 25 heavy (non-hydrogen) atoms. The van der Waals surface area contributed by atoms with Crippen molar-refractivity contribution in [3.63, 3.8) is 0 Å². The summed E-state index contributed by atoms with van der Waals surface area (Å²) in [5, 5.41) is 7.50. The van der Waals surface area contributed by atoms with Gasteiger partial charge in [-0.15, -0.1) is 0 Å². The third-order valence-corrected chi connectivity index (χ3v) is 6.02. The Labute approximate surface area is 160 Å². The highest BCUT2D eigenvalue weighted by atomic mass is 32.2. The number of aryl methyl sites for hydroxylation is 2. The Kier molecular flexibility index (Phi) is 6.38. The van der Waals surface area contributed by atoms with Gasteiger partial charge in [-0.2, -0.15) is 0 Å². The molecule has 2 nitrogen and oxygen atoms in total. The molecular weight excluding hydrogens is 344 g/mol. The van der Waals surface area contributed by atoms with Gasteiger partial charge in [0.2, 0.25) is 0 Å². The molecule has 0 heterocycles.